The van der Waals surface area contributed by atoms with Gasteiger partial charge >= 0.3 is 0 Å². The van der Waals surface area contributed by atoms with Crippen molar-refractivity contribution in [2.75, 3.05) is 0 Å². The smallest absolute Gasteiger partial charge is 0.0863 e. The maximum atomic E-state index is 4.21. The molecule has 1 fully saturated rings. The average molecular weight is 220 g/mol. The van der Waals surface area contributed by atoms with Crippen LogP contribution >= 0.6 is 11.9 Å². The van der Waals surface area contributed by atoms with Gasteiger partial charge in [-0.25, -0.2) is 0 Å². The molecule has 0 spiro atoms. The zero-order valence-corrected chi connectivity index (χ0v) is 9.62. The fourth-order valence-electron chi connectivity index (χ4n) is 1.80. The second-order valence-corrected chi connectivity index (χ2v) is 4.92. The Labute approximate surface area is 95.3 Å². The lowest BCUT2D eigenvalue weighted by Crippen LogP contribution is -2.06. The Balaban J connectivity index is 1.79. The standard InChI is InChI=1S/C12H16N2S/c1-3-7-11(8-4-1)13-14-15-12-9-5-2-6-10-12/h1,3-4,7-8,12H,2,5-6,9-10H2/b14-13+. The first-order valence-corrected chi connectivity index (χ1v) is 6.41. The van der Waals surface area contributed by atoms with Crippen LogP contribution in [0.1, 0.15) is 32.1 Å². The molecule has 0 saturated heterocycles. The highest BCUT2D eigenvalue weighted by Crippen LogP contribution is 2.29. The van der Waals surface area contributed by atoms with Gasteiger partial charge in [-0.1, -0.05) is 37.5 Å². The lowest BCUT2D eigenvalue weighted by Gasteiger charge is -2.17. The minimum atomic E-state index is 0.700. The molecule has 2 nitrogen and oxygen atoms in total. The van der Waals surface area contributed by atoms with E-state index in [1.807, 2.05) is 30.3 Å². The first kappa shape index (κ1) is 10.7. The molecule has 0 bridgehead atoms. The molecule has 2 rings (SSSR count). The first-order valence-electron chi connectivity index (χ1n) is 5.57. The van der Waals surface area contributed by atoms with E-state index in [-0.39, 0.29) is 0 Å². The Morgan fingerprint density at radius 1 is 1.00 bits per heavy atom. The van der Waals surface area contributed by atoms with Gasteiger partial charge in [0.25, 0.3) is 0 Å². The monoisotopic (exact) mass is 220 g/mol. The summed E-state index contributed by atoms with van der Waals surface area (Å²) in [5.41, 5.74) is 0.945. The van der Waals surface area contributed by atoms with Gasteiger partial charge in [0, 0.05) is 17.2 Å². The zero-order chi connectivity index (χ0) is 10.3. The summed E-state index contributed by atoms with van der Waals surface area (Å²) in [5, 5.41) is 4.89. The van der Waals surface area contributed by atoms with Crippen LogP contribution in [0.2, 0.25) is 0 Å². The summed E-state index contributed by atoms with van der Waals surface area (Å²) >= 11 is 1.65. The Bertz CT molecular complexity index is 305. The Morgan fingerprint density at radius 3 is 2.47 bits per heavy atom. The molecular weight excluding hydrogens is 204 g/mol. The molecule has 0 radical (unpaired) electrons. The number of rotatable bonds is 3. The summed E-state index contributed by atoms with van der Waals surface area (Å²) in [4.78, 5) is 0. The van der Waals surface area contributed by atoms with Gasteiger partial charge < -0.3 is 0 Å². The minimum Gasteiger partial charge on any atom is -0.144 e. The molecule has 80 valence electrons. The Kier molecular flexibility index (Phi) is 4.21. The predicted octanol–water partition coefficient (Wildman–Crippen LogP) is 4.75. The average Bonchev–Trinajstić information content (AvgIpc) is 2.32. The van der Waals surface area contributed by atoms with E-state index in [1.165, 1.54) is 32.1 Å². The summed E-state index contributed by atoms with van der Waals surface area (Å²) < 4.78 is 4.21. The van der Waals surface area contributed by atoms with Crippen LogP contribution in [-0.2, 0) is 0 Å². The van der Waals surface area contributed by atoms with Crippen LogP contribution in [-0.4, -0.2) is 5.25 Å². The van der Waals surface area contributed by atoms with Gasteiger partial charge in [-0.2, -0.15) is 0 Å². The SMILES string of the molecule is c1ccc(/N=N/SC2CCCCC2)cc1. The van der Waals surface area contributed by atoms with Gasteiger partial charge in [0.1, 0.15) is 0 Å². The lowest BCUT2D eigenvalue weighted by atomic mass is 10.0. The Hall–Kier alpha value is -0.830. The van der Waals surface area contributed by atoms with Gasteiger partial charge in [0.15, 0.2) is 0 Å². The molecule has 0 aliphatic heterocycles. The fraction of sp³-hybridized carbons (Fsp3) is 0.500. The third-order valence-electron chi connectivity index (χ3n) is 2.66. The van der Waals surface area contributed by atoms with E-state index >= 15 is 0 Å². The molecule has 0 N–H and O–H groups in total. The number of benzene rings is 1. The third kappa shape index (κ3) is 3.67. The van der Waals surface area contributed by atoms with Crippen LogP contribution in [0.15, 0.2) is 40.0 Å². The van der Waals surface area contributed by atoms with Gasteiger partial charge in [-0.05, 0) is 25.0 Å². The fourth-order valence-corrected chi connectivity index (χ4v) is 2.62. The molecule has 0 heterocycles. The number of hydrogen-bond acceptors (Lipinski definition) is 3. The van der Waals surface area contributed by atoms with Gasteiger partial charge in [-0.3, -0.25) is 0 Å². The summed E-state index contributed by atoms with van der Waals surface area (Å²) in [6.07, 6.45) is 6.72. The number of hydrogen-bond donors (Lipinski definition) is 0. The second-order valence-electron chi connectivity index (χ2n) is 3.88. The van der Waals surface area contributed by atoms with Crippen LogP contribution in [0, 0.1) is 0 Å². The van der Waals surface area contributed by atoms with Crippen LogP contribution in [0.25, 0.3) is 0 Å². The highest BCUT2D eigenvalue weighted by atomic mass is 32.2. The minimum absolute atomic E-state index is 0.700. The Morgan fingerprint density at radius 2 is 1.73 bits per heavy atom. The van der Waals surface area contributed by atoms with Crippen LogP contribution in [0.5, 0.6) is 0 Å². The summed E-state index contributed by atoms with van der Waals surface area (Å²) in [6.45, 7) is 0. The van der Waals surface area contributed by atoms with E-state index in [0.717, 1.165) is 5.69 Å². The van der Waals surface area contributed by atoms with Crippen molar-refractivity contribution in [1.82, 2.24) is 0 Å². The van der Waals surface area contributed by atoms with Gasteiger partial charge in [0.05, 0.1) is 5.69 Å². The molecule has 1 aromatic carbocycles. The molecule has 15 heavy (non-hydrogen) atoms. The lowest BCUT2D eigenvalue weighted by molar-refractivity contribution is 0.516. The van der Waals surface area contributed by atoms with Crippen molar-refractivity contribution >= 4 is 17.6 Å². The number of nitrogens with zero attached hydrogens (tertiary/aromatic N) is 2. The molecule has 0 amide bonds. The van der Waals surface area contributed by atoms with Crippen molar-refractivity contribution in [3.63, 3.8) is 0 Å². The van der Waals surface area contributed by atoms with Crippen molar-refractivity contribution in [2.45, 2.75) is 37.4 Å². The molecule has 1 saturated carbocycles. The molecule has 0 unspecified atom stereocenters. The molecular formula is C12H16N2S. The van der Waals surface area contributed by atoms with Crippen LogP contribution in [0.3, 0.4) is 0 Å². The van der Waals surface area contributed by atoms with Crippen molar-refractivity contribution in [3.8, 4) is 0 Å². The quantitative estimate of drug-likeness (QED) is 0.533. The second kappa shape index (κ2) is 5.91. The zero-order valence-electron chi connectivity index (χ0n) is 8.80. The van der Waals surface area contributed by atoms with Crippen LogP contribution in [0.4, 0.5) is 5.69 Å². The van der Waals surface area contributed by atoms with Crippen molar-refractivity contribution < 1.29 is 0 Å². The highest BCUT2D eigenvalue weighted by molar-refractivity contribution is 7.98. The van der Waals surface area contributed by atoms with E-state index < -0.39 is 0 Å². The summed E-state index contributed by atoms with van der Waals surface area (Å²) in [6, 6.07) is 9.92. The third-order valence-corrected chi connectivity index (χ3v) is 3.61. The largest absolute Gasteiger partial charge is 0.144 e. The molecule has 1 aliphatic rings. The molecule has 3 heteroatoms. The molecule has 1 aliphatic carbocycles. The predicted molar refractivity (Wildman–Crippen MR) is 65.4 cm³/mol. The van der Waals surface area contributed by atoms with Crippen molar-refractivity contribution in [3.05, 3.63) is 30.3 Å². The van der Waals surface area contributed by atoms with Gasteiger partial charge in [0.2, 0.25) is 0 Å². The molecule has 0 aromatic heterocycles. The first-order chi connectivity index (χ1) is 7.45. The van der Waals surface area contributed by atoms with Crippen molar-refractivity contribution in [2.24, 2.45) is 9.63 Å². The maximum Gasteiger partial charge on any atom is 0.0863 e. The van der Waals surface area contributed by atoms with E-state index in [2.05, 4.69) is 9.63 Å². The maximum absolute atomic E-state index is 4.21. The topological polar surface area (TPSA) is 24.7 Å². The summed E-state index contributed by atoms with van der Waals surface area (Å²) in [5.74, 6) is 0. The van der Waals surface area contributed by atoms with Crippen molar-refractivity contribution in [1.29, 1.82) is 0 Å². The molecule has 1 aromatic rings. The van der Waals surface area contributed by atoms with E-state index in [1.54, 1.807) is 11.9 Å². The molecule has 0 atom stereocenters. The highest BCUT2D eigenvalue weighted by Gasteiger charge is 2.13. The summed E-state index contributed by atoms with van der Waals surface area (Å²) in [7, 11) is 0. The normalized spacial score (nSPS) is 18.4. The van der Waals surface area contributed by atoms with E-state index in [0.29, 0.717) is 5.25 Å². The van der Waals surface area contributed by atoms with E-state index in [9.17, 15) is 0 Å². The van der Waals surface area contributed by atoms with Crippen LogP contribution < -0.4 is 0 Å². The van der Waals surface area contributed by atoms with Gasteiger partial charge in [-0.15, -0.1) is 9.63 Å². The van der Waals surface area contributed by atoms with E-state index in [4.69, 9.17) is 0 Å².